The molecule has 0 unspecified atom stereocenters. The van der Waals surface area contributed by atoms with Crippen molar-refractivity contribution in [3.63, 3.8) is 0 Å². The van der Waals surface area contributed by atoms with Gasteiger partial charge in [-0.05, 0) is 67.6 Å². The minimum atomic E-state index is -0.195. The quantitative estimate of drug-likeness (QED) is 0.309. The molecule has 1 N–H and O–H groups in total. The summed E-state index contributed by atoms with van der Waals surface area (Å²) < 4.78 is 1.87. The lowest BCUT2D eigenvalue weighted by Crippen LogP contribution is -2.14. The summed E-state index contributed by atoms with van der Waals surface area (Å²) in [7, 11) is 0. The Balaban J connectivity index is 1.54. The molecule has 160 valence electrons. The van der Waals surface area contributed by atoms with Crippen molar-refractivity contribution in [2.75, 3.05) is 11.1 Å². The fourth-order valence-electron chi connectivity index (χ4n) is 2.98. The van der Waals surface area contributed by atoms with Gasteiger partial charge in [-0.1, -0.05) is 23.4 Å². The summed E-state index contributed by atoms with van der Waals surface area (Å²) in [6, 6.07) is 17.8. The fraction of sp³-hybridized carbons (Fsp3) is 0.0870. The van der Waals surface area contributed by atoms with E-state index in [0.29, 0.717) is 27.3 Å². The molecule has 0 saturated carbocycles. The molecule has 0 aliphatic carbocycles. The number of carbonyl (C=O) groups excluding carboxylic acids is 2. The minimum Gasteiger partial charge on any atom is -0.325 e. The molecule has 0 fully saturated rings. The molecule has 32 heavy (non-hydrogen) atoms. The van der Waals surface area contributed by atoms with Crippen LogP contribution in [0.2, 0.25) is 5.02 Å². The normalized spacial score (nSPS) is 10.7. The number of aromatic nitrogens is 4. The van der Waals surface area contributed by atoms with Crippen molar-refractivity contribution < 1.29 is 9.59 Å². The van der Waals surface area contributed by atoms with Gasteiger partial charge in [-0.25, -0.2) is 0 Å². The summed E-state index contributed by atoms with van der Waals surface area (Å²) in [6.07, 6.45) is 3.40. The molecular formula is C23H18ClN5O2S. The van der Waals surface area contributed by atoms with Crippen LogP contribution in [0.1, 0.15) is 17.3 Å². The predicted octanol–water partition coefficient (Wildman–Crippen LogP) is 4.92. The fourth-order valence-corrected chi connectivity index (χ4v) is 3.86. The Morgan fingerprint density at radius 2 is 1.78 bits per heavy atom. The first-order chi connectivity index (χ1) is 15.5. The zero-order chi connectivity index (χ0) is 22.5. The van der Waals surface area contributed by atoms with Gasteiger partial charge in [0.05, 0.1) is 5.75 Å². The van der Waals surface area contributed by atoms with Gasteiger partial charge in [0, 0.05) is 39.9 Å². The first-order valence-corrected chi connectivity index (χ1v) is 11.0. The lowest BCUT2D eigenvalue weighted by atomic mass is 10.1. The Bertz CT molecular complexity index is 1240. The first kappa shape index (κ1) is 21.7. The van der Waals surface area contributed by atoms with Crippen LogP contribution in [0, 0.1) is 0 Å². The van der Waals surface area contributed by atoms with Gasteiger partial charge in [0.15, 0.2) is 16.8 Å². The molecule has 0 atom stereocenters. The number of anilines is 1. The van der Waals surface area contributed by atoms with Crippen LogP contribution in [-0.4, -0.2) is 37.2 Å². The van der Waals surface area contributed by atoms with E-state index < -0.39 is 0 Å². The number of rotatable bonds is 7. The first-order valence-electron chi connectivity index (χ1n) is 9.66. The number of nitrogens with zero attached hydrogens (tertiary/aromatic N) is 4. The summed E-state index contributed by atoms with van der Waals surface area (Å²) >= 11 is 7.32. The number of Topliss-reactive ketones (excluding diaryl/α,β-unsaturated/α-hetero) is 1. The monoisotopic (exact) mass is 463 g/mol. The van der Waals surface area contributed by atoms with Gasteiger partial charge in [0.2, 0.25) is 5.91 Å². The summed E-state index contributed by atoms with van der Waals surface area (Å²) in [5.41, 5.74) is 2.84. The Kier molecular flexibility index (Phi) is 6.63. The van der Waals surface area contributed by atoms with Crippen molar-refractivity contribution in [1.82, 2.24) is 19.7 Å². The largest absolute Gasteiger partial charge is 0.325 e. The molecular weight excluding hydrogens is 446 g/mol. The van der Waals surface area contributed by atoms with E-state index >= 15 is 0 Å². The Hall–Kier alpha value is -3.49. The second-order valence-electron chi connectivity index (χ2n) is 6.83. The number of benzene rings is 2. The Labute approximate surface area is 193 Å². The number of nitrogens with one attached hydrogen (secondary N) is 1. The second kappa shape index (κ2) is 9.76. The summed E-state index contributed by atoms with van der Waals surface area (Å²) in [6.45, 7) is 1.50. The van der Waals surface area contributed by atoms with E-state index in [2.05, 4.69) is 20.5 Å². The lowest BCUT2D eigenvalue weighted by Gasteiger charge is -2.10. The van der Waals surface area contributed by atoms with Gasteiger partial charge in [-0.3, -0.25) is 19.1 Å². The molecule has 7 nitrogen and oxygen atoms in total. The predicted molar refractivity (Wildman–Crippen MR) is 125 cm³/mol. The van der Waals surface area contributed by atoms with Crippen molar-refractivity contribution in [2.45, 2.75) is 12.1 Å². The van der Waals surface area contributed by atoms with Gasteiger partial charge in [0.25, 0.3) is 0 Å². The van der Waals surface area contributed by atoms with Crippen LogP contribution < -0.4 is 5.32 Å². The third-order valence-corrected chi connectivity index (χ3v) is 5.73. The lowest BCUT2D eigenvalue weighted by molar-refractivity contribution is -0.113. The zero-order valence-electron chi connectivity index (χ0n) is 17.0. The topological polar surface area (TPSA) is 89.8 Å². The number of hydrogen-bond acceptors (Lipinski definition) is 6. The average molecular weight is 464 g/mol. The highest BCUT2D eigenvalue weighted by atomic mass is 35.5. The summed E-state index contributed by atoms with van der Waals surface area (Å²) in [5.74, 6) is 0.527. The average Bonchev–Trinajstić information content (AvgIpc) is 3.23. The molecule has 1 amide bonds. The number of hydrogen-bond donors (Lipinski definition) is 1. The zero-order valence-corrected chi connectivity index (χ0v) is 18.6. The standard InChI is InChI=1S/C23H18ClN5O2S/c1-15(30)16-4-8-19(9-5-16)26-21(31)14-32-23-28-27-22(17-3-2-12-25-13-17)29(23)20-10-6-18(24)7-11-20/h2-13H,14H2,1H3,(H,26,31). The van der Waals surface area contributed by atoms with Crippen LogP contribution >= 0.6 is 23.4 Å². The van der Waals surface area contributed by atoms with Crippen LogP contribution in [0.4, 0.5) is 5.69 Å². The van der Waals surface area contributed by atoms with Crippen LogP contribution in [0.5, 0.6) is 0 Å². The van der Waals surface area contributed by atoms with Crippen LogP contribution in [0.15, 0.2) is 78.2 Å². The van der Waals surface area contributed by atoms with Gasteiger partial charge in [0.1, 0.15) is 0 Å². The Morgan fingerprint density at radius 1 is 1.03 bits per heavy atom. The smallest absolute Gasteiger partial charge is 0.234 e. The van der Waals surface area contributed by atoms with E-state index in [9.17, 15) is 9.59 Å². The molecule has 4 aromatic rings. The molecule has 0 saturated heterocycles. The molecule has 0 aliphatic rings. The van der Waals surface area contributed by atoms with Crippen molar-refractivity contribution in [1.29, 1.82) is 0 Å². The Morgan fingerprint density at radius 3 is 2.44 bits per heavy atom. The third kappa shape index (κ3) is 5.04. The van der Waals surface area contributed by atoms with Crippen molar-refractivity contribution in [3.8, 4) is 17.1 Å². The van der Waals surface area contributed by atoms with E-state index in [-0.39, 0.29) is 17.4 Å². The number of halogens is 1. The molecule has 0 radical (unpaired) electrons. The van der Waals surface area contributed by atoms with E-state index in [1.165, 1.54) is 18.7 Å². The van der Waals surface area contributed by atoms with E-state index in [1.54, 1.807) is 48.8 Å². The number of ketones is 1. The molecule has 0 aliphatic heterocycles. The maximum atomic E-state index is 12.5. The second-order valence-corrected chi connectivity index (χ2v) is 8.21. The number of pyridine rings is 1. The third-order valence-electron chi connectivity index (χ3n) is 4.55. The molecule has 0 bridgehead atoms. The molecule has 9 heteroatoms. The van der Waals surface area contributed by atoms with Crippen LogP contribution in [0.3, 0.4) is 0 Å². The molecule has 2 heterocycles. The summed E-state index contributed by atoms with van der Waals surface area (Å²) in [4.78, 5) is 28.0. The molecule has 0 spiro atoms. The number of amides is 1. The SMILES string of the molecule is CC(=O)c1ccc(NC(=O)CSc2nnc(-c3cccnc3)n2-c2ccc(Cl)cc2)cc1. The van der Waals surface area contributed by atoms with Gasteiger partial charge >= 0.3 is 0 Å². The highest BCUT2D eigenvalue weighted by molar-refractivity contribution is 7.99. The highest BCUT2D eigenvalue weighted by Crippen LogP contribution is 2.28. The van der Waals surface area contributed by atoms with E-state index in [4.69, 9.17) is 11.6 Å². The molecule has 4 rings (SSSR count). The summed E-state index contributed by atoms with van der Waals surface area (Å²) in [5, 5.41) is 12.6. The van der Waals surface area contributed by atoms with Gasteiger partial charge in [-0.2, -0.15) is 0 Å². The van der Waals surface area contributed by atoms with Crippen molar-refractivity contribution >= 4 is 40.7 Å². The van der Waals surface area contributed by atoms with Gasteiger partial charge < -0.3 is 5.32 Å². The molecule has 2 aromatic heterocycles. The van der Waals surface area contributed by atoms with Crippen molar-refractivity contribution in [3.05, 3.63) is 83.6 Å². The minimum absolute atomic E-state index is 0.0237. The van der Waals surface area contributed by atoms with Gasteiger partial charge in [-0.15, -0.1) is 10.2 Å². The van der Waals surface area contributed by atoms with E-state index in [0.717, 1.165) is 11.3 Å². The van der Waals surface area contributed by atoms with Crippen molar-refractivity contribution in [2.24, 2.45) is 0 Å². The van der Waals surface area contributed by atoms with Crippen LogP contribution in [-0.2, 0) is 4.79 Å². The van der Waals surface area contributed by atoms with Crippen LogP contribution in [0.25, 0.3) is 17.1 Å². The maximum absolute atomic E-state index is 12.5. The highest BCUT2D eigenvalue weighted by Gasteiger charge is 2.17. The number of carbonyl (C=O) groups is 2. The number of thioether (sulfide) groups is 1. The maximum Gasteiger partial charge on any atom is 0.234 e. The molecule has 2 aromatic carbocycles. The van der Waals surface area contributed by atoms with E-state index in [1.807, 2.05) is 28.8 Å².